The van der Waals surface area contributed by atoms with Crippen LogP contribution in [-0.2, 0) is 0 Å². The summed E-state index contributed by atoms with van der Waals surface area (Å²) in [5, 5.41) is 4.03. The molecule has 1 saturated carbocycles. The minimum absolute atomic E-state index is 0.712. The first-order valence-corrected chi connectivity index (χ1v) is 8.64. The SMILES string of the molecule is CCC1CC(NC(C(CC)CC)C(C)C2=CCC2)C1. The molecule has 0 aromatic rings. The molecule has 0 heterocycles. The lowest BCUT2D eigenvalue weighted by atomic mass is 9.74. The van der Waals surface area contributed by atoms with Crippen molar-refractivity contribution in [3.8, 4) is 0 Å². The van der Waals surface area contributed by atoms with Gasteiger partial charge in [0.15, 0.2) is 0 Å². The fourth-order valence-electron chi connectivity index (χ4n) is 3.92. The van der Waals surface area contributed by atoms with Crippen LogP contribution in [0.1, 0.15) is 72.6 Å². The third-order valence-corrected chi connectivity index (χ3v) is 5.76. The highest BCUT2D eigenvalue weighted by Gasteiger charge is 2.34. The van der Waals surface area contributed by atoms with Crippen molar-refractivity contribution in [2.24, 2.45) is 17.8 Å². The van der Waals surface area contributed by atoms with Gasteiger partial charge in [-0.25, -0.2) is 0 Å². The summed E-state index contributed by atoms with van der Waals surface area (Å²) in [6.07, 6.45) is 12.0. The summed E-state index contributed by atoms with van der Waals surface area (Å²) < 4.78 is 0. The summed E-state index contributed by atoms with van der Waals surface area (Å²) >= 11 is 0. The molecule has 0 aromatic carbocycles. The molecule has 2 aliphatic carbocycles. The number of hydrogen-bond acceptors (Lipinski definition) is 1. The van der Waals surface area contributed by atoms with Crippen molar-refractivity contribution < 1.29 is 0 Å². The van der Waals surface area contributed by atoms with Crippen molar-refractivity contribution in [2.45, 2.75) is 84.7 Å². The van der Waals surface area contributed by atoms with Gasteiger partial charge in [0.25, 0.3) is 0 Å². The highest BCUT2D eigenvalue weighted by atomic mass is 15.0. The van der Waals surface area contributed by atoms with E-state index < -0.39 is 0 Å². The van der Waals surface area contributed by atoms with Crippen LogP contribution in [0, 0.1) is 17.8 Å². The highest BCUT2D eigenvalue weighted by Crippen LogP contribution is 2.36. The second-order valence-electron chi connectivity index (χ2n) is 6.82. The molecule has 2 unspecified atom stereocenters. The molecule has 1 heteroatoms. The van der Waals surface area contributed by atoms with Crippen LogP contribution in [0.15, 0.2) is 11.6 Å². The maximum absolute atomic E-state index is 4.03. The molecule has 0 spiro atoms. The van der Waals surface area contributed by atoms with E-state index in [0.29, 0.717) is 6.04 Å². The third kappa shape index (κ3) is 3.42. The predicted molar refractivity (Wildman–Crippen MR) is 84.3 cm³/mol. The molecule has 0 aliphatic heterocycles. The molecule has 1 nitrogen and oxygen atoms in total. The van der Waals surface area contributed by atoms with Gasteiger partial charge in [0.1, 0.15) is 0 Å². The Labute approximate surface area is 120 Å². The van der Waals surface area contributed by atoms with Crippen LogP contribution in [-0.4, -0.2) is 12.1 Å². The fourth-order valence-corrected chi connectivity index (χ4v) is 3.92. The van der Waals surface area contributed by atoms with E-state index in [2.05, 4.69) is 39.1 Å². The Morgan fingerprint density at radius 2 is 1.84 bits per heavy atom. The van der Waals surface area contributed by atoms with E-state index in [1.165, 1.54) is 44.9 Å². The van der Waals surface area contributed by atoms with Crippen LogP contribution >= 0.6 is 0 Å². The van der Waals surface area contributed by atoms with Gasteiger partial charge >= 0.3 is 0 Å². The quantitative estimate of drug-likeness (QED) is 0.613. The van der Waals surface area contributed by atoms with Crippen molar-refractivity contribution in [3.63, 3.8) is 0 Å². The first-order chi connectivity index (χ1) is 9.19. The maximum atomic E-state index is 4.03. The second-order valence-corrected chi connectivity index (χ2v) is 6.82. The first kappa shape index (κ1) is 15.1. The summed E-state index contributed by atoms with van der Waals surface area (Å²) in [5.74, 6) is 2.59. The van der Waals surface area contributed by atoms with Crippen molar-refractivity contribution >= 4 is 0 Å². The number of hydrogen-bond donors (Lipinski definition) is 1. The first-order valence-electron chi connectivity index (χ1n) is 8.64. The van der Waals surface area contributed by atoms with Crippen LogP contribution in [0.2, 0.25) is 0 Å². The third-order valence-electron chi connectivity index (χ3n) is 5.76. The Bertz CT molecular complexity index is 297. The normalized spacial score (nSPS) is 29.4. The lowest BCUT2D eigenvalue weighted by Gasteiger charge is -2.43. The van der Waals surface area contributed by atoms with Crippen molar-refractivity contribution in [1.29, 1.82) is 0 Å². The van der Waals surface area contributed by atoms with Gasteiger partial charge < -0.3 is 5.32 Å². The van der Waals surface area contributed by atoms with Gasteiger partial charge in [-0.1, -0.05) is 58.6 Å². The van der Waals surface area contributed by atoms with Crippen molar-refractivity contribution in [1.82, 2.24) is 5.32 Å². The Balaban J connectivity index is 1.93. The van der Waals surface area contributed by atoms with Crippen LogP contribution in [0.5, 0.6) is 0 Å². The van der Waals surface area contributed by atoms with Crippen LogP contribution in [0.3, 0.4) is 0 Å². The average molecular weight is 263 g/mol. The summed E-state index contributed by atoms with van der Waals surface area (Å²) in [4.78, 5) is 0. The molecular weight excluding hydrogens is 230 g/mol. The molecule has 0 saturated heterocycles. The summed E-state index contributed by atoms with van der Waals surface area (Å²) in [7, 11) is 0. The van der Waals surface area contributed by atoms with Gasteiger partial charge in [0.2, 0.25) is 0 Å². The zero-order valence-corrected chi connectivity index (χ0v) is 13.4. The van der Waals surface area contributed by atoms with Crippen LogP contribution in [0.4, 0.5) is 0 Å². The Kier molecular flexibility index (Phi) is 5.50. The summed E-state index contributed by atoms with van der Waals surface area (Å²) in [5.41, 5.74) is 1.72. The molecule has 110 valence electrons. The van der Waals surface area contributed by atoms with E-state index in [-0.39, 0.29) is 0 Å². The van der Waals surface area contributed by atoms with E-state index in [0.717, 1.165) is 23.8 Å². The molecule has 0 aromatic heterocycles. The van der Waals surface area contributed by atoms with Gasteiger partial charge in [-0.05, 0) is 43.4 Å². The standard InChI is InChI=1S/C18H33N/c1-5-14-11-17(12-14)19-18(15(6-2)7-3)13(4)16-9-8-10-16/h9,13-15,17-19H,5-8,10-12H2,1-4H3. The fraction of sp³-hybridized carbons (Fsp3) is 0.889. The number of allylic oxidation sites excluding steroid dienone is 1. The van der Waals surface area contributed by atoms with Gasteiger partial charge in [-0.3, -0.25) is 0 Å². The van der Waals surface area contributed by atoms with Crippen molar-refractivity contribution in [2.75, 3.05) is 0 Å². The Morgan fingerprint density at radius 3 is 2.26 bits per heavy atom. The lowest BCUT2D eigenvalue weighted by Crippen LogP contribution is -2.51. The molecular formula is C18H33N. The van der Waals surface area contributed by atoms with Crippen molar-refractivity contribution in [3.05, 3.63) is 11.6 Å². The van der Waals surface area contributed by atoms with E-state index in [1.807, 2.05) is 0 Å². The van der Waals surface area contributed by atoms with Gasteiger partial charge in [0, 0.05) is 12.1 Å². The van der Waals surface area contributed by atoms with E-state index >= 15 is 0 Å². The van der Waals surface area contributed by atoms with Crippen LogP contribution < -0.4 is 5.32 Å². The molecule has 0 amide bonds. The molecule has 19 heavy (non-hydrogen) atoms. The van der Waals surface area contributed by atoms with E-state index in [1.54, 1.807) is 5.57 Å². The minimum Gasteiger partial charge on any atom is -0.310 e. The molecule has 1 fully saturated rings. The van der Waals surface area contributed by atoms with Gasteiger partial charge in [-0.15, -0.1) is 0 Å². The molecule has 0 bridgehead atoms. The minimum atomic E-state index is 0.712. The van der Waals surface area contributed by atoms with E-state index in [9.17, 15) is 0 Å². The maximum Gasteiger partial charge on any atom is 0.0160 e. The predicted octanol–water partition coefficient (Wildman–Crippen LogP) is 4.93. The van der Waals surface area contributed by atoms with Gasteiger partial charge in [-0.2, -0.15) is 0 Å². The largest absolute Gasteiger partial charge is 0.310 e. The Hall–Kier alpha value is -0.300. The molecule has 2 aliphatic rings. The smallest absolute Gasteiger partial charge is 0.0160 e. The highest BCUT2D eigenvalue weighted by molar-refractivity contribution is 5.18. The lowest BCUT2D eigenvalue weighted by molar-refractivity contribution is 0.158. The zero-order chi connectivity index (χ0) is 13.8. The van der Waals surface area contributed by atoms with Crippen LogP contribution in [0.25, 0.3) is 0 Å². The van der Waals surface area contributed by atoms with E-state index in [4.69, 9.17) is 0 Å². The molecule has 0 radical (unpaired) electrons. The zero-order valence-electron chi connectivity index (χ0n) is 13.4. The average Bonchev–Trinajstić information content (AvgIpc) is 2.29. The summed E-state index contributed by atoms with van der Waals surface area (Å²) in [6, 6.07) is 1.52. The monoisotopic (exact) mass is 263 g/mol. The molecule has 1 N–H and O–H groups in total. The van der Waals surface area contributed by atoms with Gasteiger partial charge in [0.05, 0.1) is 0 Å². The summed E-state index contributed by atoms with van der Waals surface area (Å²) in [6.45, 7) is 9.51. The molecule has 2 rings (SSSR count). The Morgan fingerprint density at radius 1 is 1.21 bits per heavy atom. The number of rotatable bonds is 8. The molecule has 2 atom stereocenters. The second kappa shape index (κ2) is 6.92. The number of nitrogens with one attached hydrogen (secondary N) is 1. The topological polar surface area (TPSA) is 12.0 Å².